The van der Waals surface area contributed by atoms with Crippen molar-refractivity contribution in [2.75, 3.05) is 44.9 Å². The Morgan fingerprint density at radius 2 is 1.75 bits per heavy atom. The third-order valence-corrected chi connectivity index (χ3v) is 2.39. The quantitative estimate of drug-likeness (QED) is 0.564. The molecule has 1 aromatic rings. The fraction of sp³-hybridized carbons (Fsp3) is 0.500. The summed E-state index contributed by atoms with van der Waals surface area (Å²) in [6.07, 6.45) is 0.738. The van der Waals surface area contributed by atoms with Crippen LogP contribution in [0.25, 0.3) is 0 Å². The van der Waals surface area contributed by atoms with Crippen LogP contribution in [0.3, 0.4) is 0 Å². The van der Waals surface area contributed by atoms with E-state index in [1.54, 1.807) is 0 Å². The summed E-state index contributed by atoms with van der Waals surface area (Å²) in [5, 5.41) is 14.0. The first kappa shape index (κ1) is 16.4. The molecule has 0 saturated carbocycles. The van der Waals surface area contributed by atoms with E-state index in [0.717, 1.165) is 12.1 Å². The van der Waals surface area contributed by atoms with Crippen LogP contribution in [0.1, 0.15) is 6.42 Å². The van der Waals surface area contributed by atoms with Gasteiger partial charge in [0.1, 0.15) is 0 Å². The van der Waals surface area contributed by atoms with Gasteiger partial charge >= 0.3 is 6.03 Å². The average Bonchev–Trinajstić information content (AvgIpc) is 2.46. The van der Waals surface area contributed by atoms with E-state index in [1.165, 1.54) is 0 Å². The Morgan fingerprint density at radius 1 is 1.05 bits per heavy atom. The fourth-order valence-corrected chi connectivity index (χ4v) is 1.46. The molecule has 0 unspecified atom stereocenters. The van der Waals surface area contributed by atoms with Gasteiger partial charge in [-0.1, -0.05) is 18.2 Å². The molecule has 2 amide bonds. The maximum Gasteiger partial charge on any atom is 0.319 e. The van der Waals surface area contributed by atoms with Crippen molar-refractivity contribution in [3.8, 4) is 0 Å². The Kier molecular flexibility index (Phi) is 9.21. The van der Waals surface area contributed by atoms with Gasteiger partial charge in [0.2, 0.25) is 0 Å². The van der Waals surface area contributed by atoms with Crippen LogP contribution in [-0.2, 0) is 9.47 Å². The molecule has 1 aromatic carbocycles. The number of ether oxygens (including phenoxy) is 2. The zero-order valence-electron chi connectivity index (χ0n) is 11.5. The Labute approximate surface area is 119 Å². The number of urea groups is 1. The predicted molar refractivity (Wildman–Crippen MR) is 76.8 cm³/mol. The number of hydrogen-bond donors (Lipinski definition) is 3. The summed E-state index contributed by atoms with van der Waals surface area (Å²) in [4.78, 5) is 11.5. The zero-order chi connectivity index (χ0) is 14.5. The number of amides is 2. The van der Waals surface area contributed by atoms with E-state index in [4.69, 9.17) is 14.6 Å². The summed E-state index contributed by atoms with van der Waals surface area (Å²) in [7, 11) is 0. The van der Waals surface area contributed by atoms with Crippen molar-refractivity contribution in [2.24, 2.45) is 0 Å². The smallest absolute Gasteiger partial charge is 0.319 e. The molecule has 20 heavy (non-hydrogen) atoms. The van der Waals surface area contributed by atoms with Crippen molar-refractivity contribution in [2.45, 2.75) is 6.42 Å². The summed E-state index contributed by atoms with van der Waals surface area (Å²) in [6.45, 7) is 2.45. The molecule has 0 atom stereocenters. The molecule has 0 aliphatic rings. The maximum absolute atomic E-state index is 11.5. The molecule has 3 N–H and O–H groups in total. The molecule has 0 fully saturated rings. The van der Waals surface area contributed by atoms with Gasteiger partial charge in [-0.2, -0.15) is 0 Å². The van der Waals surface area contributed by atoms with Crippen molar-refractivity contribution >= 4 is 11.7 Å². The van der Waals surface area contributed by atoms with Crippen LogP contribution >= 0.6 is 0 Å². The van der Waals surface area contributed by atoms with E-state index >= 15 is 0 Å². The summed E-state index contributed by atoms with van der Waals surface area (Å²) in [5.41, 5.74) is 0.766. The molecule has 0 heterocycles. The zero-order valence-corrected chi connectivity index (χ0v) is 11.5. The standard InChI is InChI=1S/C14H22N2O4/c17-8-10-20-12-11-19-9-4-7-15-14(18)16-13-5-2-1-3-6-13/h1-3,5-6,17H,4,7-12H2,(H2,15,16,18). The number of aliphatic hydroxyl groups is 1. The number of para-hydroxylation sites is 1. The van der Waals surface area contributed by atoms with Crippen molar-refractivity contribution in [1.29, 1.82) is 0 Å². The second kappa shape index (κ2) is 11.2. The number of aliphatic hydroxyl groups excluding tert-OH is 1. The van der Waals surface area contributed by atoms with E-state index in [2.05, 4.69) is 10.6 Å². The molecule has 0 aliphatic heterocycles. The van der Waals surface area contributed by atoms with Gasteiger partial charge in [0.25, 0.3) is 0 Å². The van der Waals surface area contributed by atoms with Gasteiger partial charge in [0, 0.05) is 18.8 Å². The number of rotatable bonds is 10. The van der Waals surface area contributed by atoms with Gasteiger partial charge < -0.3 is 25.2 Å². The van der Waals surface area contributed by atoms with E-state index in [0.29, 0.717) is 33.0 Å². The fourth-order valence-electron chi connectivity index (χ4n) is 1.46. The van der Waals surface area contributed by atoms with E-state index in [9.17, 15) is 4.79 Å². The Balaban J connectivity index is 1.92. The maximum atomic E-state index is 11.5. The Morgan fingerprint density at radius 3 is 2.45 bits per heavy atom. The first-order chi connectivity index (χ1) is 9.83. The minimum Gasteiger partial charge on any atom is -0.394 e. The summed E-state index contributed by atoms with van der Waals surface area (Å²) in [6, 6.07) is 9.06. The molecule has 0 bridgehead atoms. The van der Waals surface area contributed by atoms with E-state index in [1.807, 2.05) is 30.3 Å². The van der Waals surface area contributed by atoms with Crippen LogP contribution in [0, 0.1) is 0 Å². The normalized spacial score (nSPS) is 10.2. The lowest BCUT2D eigenvalue weighted by atomic mass is 10.3. The number of carbonyl (C=O) groups excluding carboxylic acids is 1. The predicted octanol–water partition coefficient (Wildman–Crippen LogP) is 1.22. The van der Waals surface area contributed by atoms with Crippen molar-refractivity contribution in [3.63, 3.8) is 0 Å². The van der Waals surface area contributed by atoms with Gasteiger partial charge in [-0.05, 0) is 18.6 Å². The minimum atomic E-state index is -0.220. The molecule has 0 spiro atoms. The molecule has 0 aliphatic carbocycles. The molecule has 0 aromatic heterocycles. The second-order valence-corrected chi connectivity index (χ2v) is 4.05. The van der Waals surface area contributed by atoms with Gasteiger partial charge in [0.15, 0.2) is 0 Å². The van der Waals surface area contributed by atoms with Crippen LogP contribution in [0.2, 0.25) is 0 Å². The molecule has 0 saturated heterocycles. The molecular formula is C14H22N2O4. The highest BCUT2D eigenvalue weighted by molar-refractivity contribution is 5.89. The first-order valence-corrected chi connectivity index (χ1v) is 6.69. The number of anilines is 1. The highest BCUT2D eigenvalue weighted by Gasteiger charge is 1.99. The van der Waals surface area contributed by atoms with Crippen LogP contribution in [-0.4, -0.2) is 50.7 Å². The van der Waals surface area contributed by atoms with Gasteiger partial charge in [-0.3, -0.25) is 0 Å². The minimum absolute atomic E-state index is 0.0282. The highest BCUT2D eigenvalue weighted by atomic mass is 16.5. The summed E-state index contributed by atoms with van der Waals surface area (Å²) >= 11 is 0. The number of benzene rings is 1. The summed E-state index contributed by atoms with van der Waals surface area (Å²) in [5.74, 6) is 0. The van der Waals surface area contributed by atoms with Gasteiger partial charge in [-0.15, -0.1) is 0 Å². The number of nitrogens with one attached hydrogen (secondary N) is 2. The Bertz CT molecular complexity index is 359. The molecule has 6 nitrogen and oxygen atoms in total. The Hall–Kier alpha value is -1.63. The van der Waals surface area contributed by atoms with Crippen molar-refractivity contribution < 1.29 is 19.4 Å². The van der Waals surface area contributed by atoms with Crippen LogP contribution in [0.5, 0.6) is 0 Å². The molecule has 6 heteroatoms. The van der Waals surface area contributed by atoms with Crippen molar-refractivity contribution in [1.82, 2.24) is 5.32 Å². The van der Waals surface area contributed by atoms with Crippen LogP contribution < -0.4 is 10.6 Å². The molecule has 112 valence electrons. The lowest BCUT2D eigenvalue weighted by Crippen LogP contribution is -2.30. The monoisotopic (exact) mass is 282 g/mol. The third kappa shape index (κ3) is 8.47. The molecule has 0 radical (unpaired) electrons. The third-order valence-electron chi connectivity index (χ3n) is 2.39. The first-order valence-electron chi connectivity index (χ1n) is 6.69. The van der Waals surface area contributed by atoms with E-state index in [-0.39, 0.29) is 12.6 Å². The van der Waals surface area contributed by atoms with E-state index < -0.39 is 0 Å². The second-order valence-electron chi connectivity index (χ2n) is 4.05. The van der Waals surface area contributed by atoms with Gasteiger partial charge in [0.05, 0.1) is 26.4 Å². The number of hydrogen-bond acceptors (Lipinski definition) is 4. The SMILES string of the molecule is O=C(NCCCOCCOCCO)Nc1ccccc1. The topological polar surface area (TPSA) is 79.8 Å². The van der Waals surface area contributed by atoms with Crippen LogP contribution in [0.4, 0.5) is 10.5 Å². The van der Waals surface area contributed by atoms with Gasteiger partial charge in [-0.25, -0.2) is 4.79 Å². The molecule has 1 rings (SSSR count). The molecular weight excluding hydrogens is 260 g/mol. The lowest BCUT2D eigenvalue weighted by Gasteiger charge is -2.08. The average molecular weight is 282 g/mol. The number of carbonyl (C=O) groups is 1. The highest BCUT2D eigenvalue weighted by Crippen LogP contribution is 2.03. The largest absolute Gasteiger partial charge is 0.394 e. The lowest BCUT2D eigenvalue weighted by molar-refractivity contribution is 0.0327. The van der Waals surface area contributed by atoms with Crippen LogP contribution in [0.15, 0.2) is 30.3 Å². The summed E-state index contributed by atoms with van der Waals surface area (Å²) < 4.78 is 10.3. The van der Waals surface area contributed by atoms with Crippen molar-refractivity contribution in [3.05, 3.63) is 30.3 Å².